The predicted octanol–water partition coefficient (Wildman–Crippen LogP) is 5.21. The van der Waals surface area contributed by atoms with Crippen LogP contribution in [0.5, 0.6) is 0 Å². The smallest absolute Gasteiger partial charge is 0.288 e. The highest BCUT2D eigenvalue weighted by molar-refractivity contribution is 7.99. The SMILES string of the molecule is O=C(Nc1ncc(Cc2ccc(SC(F)F)cc2)s1)c1ccc([N+](=O)[O-])cc1. The second-order valence-electron chi connectivity index (χ2n) is 5.59. The van der Waals surface area contributed by atoms with Crippen LogP contribution in [-0.2, 0) is 6.42 Å². The molecule has 144 valence electrons. The van der Waals surface area contributed by atoms with Gasteiger partial charge in [0.1, 0.15) is 0 Å². The molecule has 0 saturated carbocycles. The van der Waals surface area contributed by atoms with Gasteiger partial charge in [0.05, 0.1) is 4.92 Å². The van der Waals surface area contributed by atoms with Crippen molar-refractivity contribution >= 4 is 39.8 Å². The third-order valence-electron chi connectivity index (χ3n) is 3.64. The molecule has 1 heterocycles. The van der Waals surface area contributed by atoms with Crippen molar-refractivity contribution in [3.05, 3.63) is 80.8 Å². The average Bonchev–Trinajstić information content (AvgIpc) is 3.09. The third-order valence-corrected chi connectivity index (χ3v) is 5.28. The summed E-state index contributed by atoms with van der Waals surface area (Å²) < 4.78 is 24.7. The van der Waals surface area contributed by atoms with Crippen LogP contribution < -0.4 is 5.32 Å². The maximum atomic E-state index is 12.3. The molecular weight excluding hydrogens is 408 g/mol. The molecule has 0 unspecified atom stereocenters. The summed E-state index contributed by atoms with van der Waals surface area (Å²) in [7, 11) is 0. The van der Waals surface area contributed by atoms with Crippen LogP contribution in [0, 0.1) is 10.1 Å². The van der Waals surface area contributed by atoms with Crippen LogP contribution in [0.3, 0.4) is 0 Å². The highest BCUT2D eigenvalue weighted by atomic mass is 32.2. The lowest BCUT2D eigenvalue weighted by molar-refractivity contribution is -0.384. The first-order valence-electron chi connectivity index (χ1n) is 7.95. The van der Waals surface area contributed by atoms with Crippen molar-refractivity contribution in [2.24, 2.45) is 0 Å². The van der Waals surface area contributed by atoms with Crippen LogP contribution in [0.1, 0.15) is 20.8 Å². The summed E-state index contributed by atoms with van der Waals surface area (Å²) in [5, 5.41) is 13.7. The highest BCUT2D eigenvalue weighted by Gasteiger charge is 2.12. The molecule has 0 aliphatic rings. The lowest BCUT2D eigenvalue weighted by Crippen LogP contribution is -2.11. The van der Waals surface area contributed by atoms with Crippen LogP contribution >= 0.6 is 23.1 Å². The molecular formula is C18H13F2N3O3S2. The number of nitrogens with one attached hydrogen (secondary N) is 1. The number of hydrogen-bond donors (Lipinski definition) is 1. The molecule has 0 saturated heterocycles. The lowest BCUT2D eigenvalue weighted by atomic mass is 10.1. The van der Waals surface area contributed by atoms with E-state index in [1.807, 2.05) is 0 Å². The number of halogens is 2. The number of carbonyl (C=O) groups is 1. The summed E-state index contributed by atoms with van der Waals surface area (Å²) in [4.78, 5) is 27.9. The summed E-state index contributed by atoms with van der Waals surface area (Å²) in [6.07, 6.45) is 2.20. The first kappa shape index (κ1) is 19.9. The van der Waals surface area contributed by atoms with E-state index in [2.05, 4.69) is 10.3 Å². The number of nitro groups is 1. The number of non-ortho nitro benzene ring substituents is 1. The number of amides is 1. The van der Waals surface area contributed by atoms with Gasteiger partial charge in [-0.05, 0) is 29.8 Å². The number of anilines is 1. The second kappa shape index (κ2) is 8.89. The van der Waals surface area contributed by atoms with Crippen molar-refractivity contribution < 1.29 is 18.5 Å². The van der Waals surface area contributed by atoms with E-state index in [4.69, 9.17) is 0 Å². The Bertz CT molecular complexity index is 977. The van der Waals surface area contributed by atoms with E-state index < -0.39 is 16.6 Å². The zero-order chi connectivity index (χ0) is 20.1. The molecule has 0 aliphatic heterocycles. The van der Waals surface area contributed by atoms with E-state index in [1.165, 1.54) is 35.6 Å². The van der Waals surface area contributed by atoms with Crippen LogP contribution in [-0.4, -0.2) is 21.6 Å². The Balaban J connectivity index is 1.60. The Hall–Kier alpha value is -2.85. The fourth-order valence-electron chi connectivity index (χ4n) is 2.34. The van der Waals surface area contributed by atoms with E-state index in [0.717, 1.165) is 10.4 Å². The Morgan fingerprint density at radius 2 is 1.86 bits per heavy atom. The van der Waals surface area contributed by atoms with Crippen molar-refractivity contribution in [3.8, 4) is 0 Å². The molecule has 0 fully saturated rings. The van der Waals surface area contributed by atoms with Gasteiger partial charge in [-0.2, -0.15) is 8.78 Å². The van der Waals surface area contributed by atoms with Crippen molar-refractivity contribution in [2.45, 2.75) is 17.1 Å². The van der Waals surface area contributed by atoms with Crippen molar-refractivity contribution in [1.82, 2.24) is 4.98 Å². The largest absolute Gasteiger partial charge is 0.298 e. The number of carbonyl (C=O) groups excluding carboxylic acids is 1. The molecule has 0 bridgehead atoms. The van der Waals surface area contributed by atoms with Gasteiger partial charge >= 0.3 is 0 Å². The first-order chi connectivity index (χ1) is 13.4. The molecule has 0 atom stereocenters. The van der Waals surface area contributed by atoms with E-state index >= 15 is 0 Å². The Kier molecular flexibility index (Phi) is 6.32. The highest BCUT2D eigenvalue weighted by Crippen LogP contribution is 2.27. The number of nitro benzene ring substituents is 1. The van der Waals surface area contributed by atoms with Crippen molar-refractivity contribution in [1.29, 1.82) is 0 Å². The van der Waals surface area contributed by atoms with Crippen LogP contribution in [0.25, 0.3) is 0 Å². The minimum Gasteiger partial charge on any atom is -0.298 e. The standard InChI is InChI=1S/C18H13F2N3O3S2/c19-17(20)27-14-7-1-11(2-8-14)9-15-10-21-18(28-15)22-16(24)12-3-5-13(6-4-12)23(25)26/h1-8,10,17H,9H2,(H,21,22,24). The molecule has 1 N–H and O–H groups in total. The summed E-state index contributed by atoms with van der Waals surface area (Å²) in [5.41, 5.74) is 1.14. The number of alkyl halides is 2. The quantitative estimate of drug-likeness (QED) is 0.322. The Labute approximate surface area is 166 Å². The predicted molar refractivity (Wildman–Crippen MR) is 104 cm³/mol. The Morgan fingerprint density at radius 1 is 1.18 bits per heavy atom. The fourth-order valence-corrected chi connectivity index (χ4v) is 3.68. The van der Waals surface area contributed by atoms with Crippen molar-refractivity contribution in [3.63, 3.8) is 0 Å². The normalized spacial score (nSPS) is 10.8. The summed E-state index contributed by atoms with van der Waals surface area (Å²) in [6, 6.07) is 12.1. The van der Waals surface area contributed by atoms with Crippen molar-refractivity contribution in [2.75, 3.05) is 5.32 Å². The van der Waals surface area contributed by atoms with Crippen LogP contribution in [0.15, 0.2) is 59.6 Å². The summed E-state index contributed by atoms with van der Waals surface area (Å²) >= 11 is 1.79. The van der Waals surface area contributed by atoms with E-state index in [-0.39, 0.29) is 11.3 Å². The number of thiazole rings is 1. The van der Waals surface area contributed by atoms with Gasteiger partial charge in [-0.15, -0.1) is 11.3 Å². The van der Waals surface area contributed by atoms with Gasteiger partial charge in [-0.3, -0.25) is 20.2 Å². The summed E-state index contributed by atoms with van der Waals surface area (Å²) in [6.45, 7) is 0. The molecule has 0 radical (unpaired) electrons. The molecule has 2 aromatic carbocycles. The van der Waals surface area contributed by atoms with Gasteiger partial charge in [-0.1, -0.05) is 23.9 Å². The molecule has 6 nitrogen and oxygen atoms in total. The Morgan fingerprint density at radius 3 is 2.46 bits per heavy atom. The fraction of sp³-hybridized carbons (Fsp3) is 0.111. The van der Waals surface area contributed by atoms with Gasteiger partial charge in [0.15, 0.2) is 5.13 Å². The molecule has 1 amide bonds. The van der Waals surface area contributed by atoms with Crippen LogP contribution in [0.2, 0.25) is 0 Å². The van der Waals surface area contributed by atoms with Gasteiger partial charge in [0, 0.05) is 40.1 Å². The number of benzene rings is 2. The monoisotopic (exact) mass is 421 g/mol. The first-order valence-corrected chi connectivity index (χ1v) is 9.64. The molecule has 3 rings (SSSR count). The zero-order valence-corrected chi connectivity index (χ0v) is 15.8. The summed E-state index contributed by atoms with van der Waals surface area (Å²) in [5.74, 6) is -2.86. The molecule has 0 spiro atoms. The van der Waals surface area contributed by atoms with Crippen LogP contribution in [0.4, 0.5) is 19.6 Å². The number of aromatic nitrogens is 1. The minimum atomic E-state index is -2.45. The zero-order valence-electron chi connectivity index (χ0n) is 14.2. The molecule has 0 aliphatic carbocycles. The molecule has 1 aromatic heterocycles. The minimum absolute atomic E-state index is 0.0916. The van der Waals surface area contributed by atoms with Gasteiger partial charge in [0.25, 0.3) is 17.4 Å². The maximum absolute atomic E-state index is 12.3. The molecule has 3 aromatic rings. The average molecular weight is 421 g/mol. The van der Waals surface area contributed by atoms with Gasteiger partial charge < -0.3 is 0 Å². The third kappa shape index (κ3) is 5.33. The second-order valence-corrected chi connectivity index (χ2v) is 7.77. The van der Waals surface area contributed by atoms with Gasteiger partial charge in [0.2, 0.25) is 0 Å². The lowest BCUT2D eigenvalue weighted by Gasteiger charge is -2.02. The topological polar surface area (TPSA) is 85.1 Å². The number of thioether (sulfide) groups is 1. The molecule has 10 heteroatoms. The maximum Gasteiger partial charge on any atom is 0.288 e. The number of hydrogen-bond acceptors (Lipinski definition) is 6. The van der Waals surface area contributed by atoms with E-state index in [1.54, 1.807) is 30.5 Å². The van der Waals surface area contributed by atoms with E-state index in [0.29, 0.717) is 28.2 Å². The van der Waals surface area contributed by atoms with Gasteiger partial charge in [-0.25, -0.2) is 4.98 Å². The molecule has 28 heavy (non-hydrogen) atoms. The van der Waals surface area contributed by atoms with E-state index in [9.17, 15) is 23.7 Å². The number of nitrogens with zero attached hydrogens (tertiary/aromatic N) is 2. The number of rotatable bonds is 7.